The number of fused-ring (bicyclic) bond motifs is 1. The molecule has 0 saturated heterocycles. The van der Waals surface area contributed by atoms with E-state index in [-0.39, 0.29) is 12.2 Å². The fraction of sp³-hybridized carbons (Fsp3) is 0.233. The van der Waals surface area contributed by atoms with Gasteiger partial charge < -0.3 is 9.30 Å². The van der Waals surface area contributed by atoms with Gasteiger partial charge in [0.15, 0.2) is 4.80 Å². The third-order valence-corrected chi connectivity index (χ3v) is 8.09. The van der Waals surface area contributed by atoms with E-state index in [1.807, 2.05) is 31.2 Å². The Morgan fingerprint density at radius 1 is 1.11 bits per heavy atom. The molecular weight excluding hydrogens is 518 g/mol. The molecule has 38 heavy (non-hydrogen) atoms. The molecule has 1 atom stereocenters. The normalized spacial score (nSPS) is 15.4. The number of hydrogen-bond acceptors (Lipinski definition) is 5. The number of carbonyl (C=O) groups is 1. The second-order valence-electron chi connectivity index (χ2n) is 9.32. The van der Waals surface area contributed by atoms with Crippen molar-refractivity contribution >= 4 is 35.0 Å². The van der Waals surface area contributed by atoms with Crippen molar-refractivity contribution in [1.29, 1.82) is 0 Å². The van der Waals surface area contributed by atoms with Gasteiger partial charge in [0.2, 0.25) is 0 Å². The highest BCUT2D eigenvalue weighted by atomic mass is 35.5. The highest BCUT2D eigenvalue weighted by Crippen LogP contribution is 2.34. The molecule has 0 bridgehead atoms. The summed E-state index contributed by atoms with van der Waals surface area (Å²) in [5.74, 6) is -0.505. The van der Waals surface area contributed by atoms with E-state index in [1.54, 1.807) is 24.5 Å². The van der Waals surface area contributed by atoms with Crippen molar-refractivity contribution in [3.63, 3.8) is 0 Å². The smallest absolute Gasteiger partial charge is 0.338 e. The summed E-state index contributed by atoms with van der Waals surface area (Å²) in [5, 5.41) is 0.463. The molecule has 194 valence electrons. The van der Waals surface area contributed by atoms with Gasteiger partial charge in [-0.05, 0) is 76.1 Å². The van der Waals surface area contributed by atoms with Crippen LogP contribution in [0.5, 0.6) is 0 Å². The Bertz CT molecular complexity index is 1770. The molecule has 0 radical (unpaired) electrons. The van der Waals surface area contributed by atoms with Crippen molar-refractivity contribution < 1.29 is 9.53 Å². The summed E-state index contributed by atoms with van der Waals surface area (Å²) < 4.78 is 9.63. The maximum Gasteiger partial charge on any atom is 0.338 e. The Kier molecular flexibility index (Phi) is 6.99. The Labute approximate surface area is 229 Å². The average Bonchev–Trinajstić information content (AvgIpc) is 3.33. The topological polar surface area (TPSA) is 65.6 Å². The zero-order valence-electron chi connectivity index (χ0n) is 21.9. The van der Waals surface area contributed by atoms with E-state index in [0.717, 1.165) is 22.6 Å². The third kappa shape index (κ3) is 4.46. The molecule has 5 rings (SSSR count). The minimum Gasteiger partial charge on any atom is -0.463 e. The summed E-state index contributed by atoms with van der Waals surface area (Å²) in [5.41, 5.74) is 6.56. The Morgan fingerprint density at radius 3 is 2.50 bits per heavy atom. The maximum atomic E-state index is 13.9. The van der Waals surface area contributed by atoms with E-state index in [1.165, 1.54) is 16.9 Å². The molecule has 4 aromatic rings. The first-order valence-corrected chi connectivity index (χ1v) is 13.6. The monoisotopic (exact) mass is 545 g/mol. The Morgan fingerprint density at radius 2 is 1.82 bits per heavy atom. The molecule has 6 nitrogen and oxygen atoms in total. The van der Waals surface area contributed by atoms with Crippen molar-refractivity contribution in [3.8, 4) is 5.69 Å². The highest BCUT2D eigenvalue weighted by molar-refractivity contribution is 7.07. The third-order valence-electron chi connectivity index (χ3n) is 6.77. The first-order chi connectivity index (χ1) is 18.2. The van der Waals surface area contributed by atoms with E-state index >= 15 is 0 Å². The molecule has 0 saturated carbocycles. The van der Waals surface area contributed by atoms with Crippen molar-refractivity contribution in [1.82, 2.24) is 9.13 Å². The highest BCUT2D eigenvalue weighted by Gasteiger charge is 2.34. The first kappa shape index (κ1) is 25.9. The van der Waals surface area contributed by atoms with Gasteiger partial charge in [0.05, 0.1) is 22.4 Å². The summed E-state index contributed by atoms with van der Waals surface area (Å²) in [6, 6.07) is 17.0. The van der Waals surface area contributed by atoms with E-state index < -0.39 is 12.0 Å². The van der Waals surface area contributed by atoms with Gasteiger partial charge in [-0.15, -0.1) is 0 Å². The van der Waals surface area contributed by atoms with Gasteiger partial charge in [-0.25, -0.2) is 9.79 Å². The van der Waals surface area contributed by atoms with E-state index in [2.05, 4.69) is 53.7 Å². The van der Waals surface area contributed by atoms with Crippen molar-refractivity contribution in [2.45, 2.75) is 40.7 Å². The fourth-order valence-electron chi connectivity index (χ4n) is 4.95. The maximum absolute atomic E-state index is 13.9. The first-order valence-electron chi connectivity index (χ1n) is 12.4. The largest absolute Gasteiger partial charge is 0.463 e. The number of nitrogens with zero attached hydrogens (tertiary/aromatic N) is 3. The number of allylic oxidation sites excluding steroid dienone is 1. The predicted octanol–water partition coefficient (Wildman–Crippen LogP) is 5.17. The number of hydrogen-bond donors (Lipinski definition) is 0. The molecule has 0 aliphatic carbocycles. The average molecular weight is 546 g/mol. The number of aryl methyl sites for hydroxylation is 2. The second-order valence-corrected chi connectivity index (χ2v) is 10.7. The standard InChI is InChI=1S/C30H28ClN3O3S/c1-6-37-29(36)26-19(4)32-30-34(27(26)23-9-7-8-10-24(23)31)28(35)25(38-30)16-21-15-18(3)33(20(21)5)22-13-11-17(2)12-14-22/h7-16,27H,6H2,1-5H3/b25-16-/t27-/m0/s1. The lowest BCUT2D eigenvalue weighted by Gasteiger charge is -2.25. The van der Waals surface area contributed by atoms with Crippen LogP contribution in [0.1, 0.15) is 48.0 Å². The van der Waals surface area contributed by atoms with E-state index in [4.69, 9.17) is 16.3 Å². The van der Waals surface area contributed by atoms with Gasteiger partial charge in [-0.3, -0.25) is 9.36 Å². The summed E-state index contributed by atoms with van der Waals surface area (Å²) in [4.78, 5) is 32.1. The molecule has 0 spiro atoms. The zero-order valence-corrected chi connectivity index (χ0v) is 23.5. The lowest BCUT2D eigenvalue weighted by molar-refractivity contribution is -0.139. The second kappa shape index (κ2) is 10.2. The molecule has 0 unspecified atom stereocenters. The van der Waals surface area contributed by atoms with Gasteiger partial charge >= 0.3 is 5.97 Å². The molecule has 2 aromatic carbocycles. The van der Waals surface area contributed by atoms with Crippen LogP contribution in [0.25, 0.3) is 11.8 Å². The van der Waals surface area contributed by atoms with Gasteiger partial charge in [-0.2, -0.15) is 0 Å². The van der Waals surface area contributed by atoms with Crippen LogP contribution < -0.4 is 14.9 Å². The summed E-state index contributed by atoms with van der Waals surface area (Å²) in [6.07, 6.45) is 1.91. The number of rotatable bonds is 5. The SMILES string of the molecule is CCOC(=O)C1=C(C)N=c2s/c(=C\c3cc(C)n(-c4ccc(C)cc4)c3C)c(=O)n2[C@H]1c1ccccc1Cl. The van der Waals surface area contributed by atoms with E-state index in [9.17, 15) is 9.59 Å². The molecule has 0 N–H and O–H groups in total. The van der Waals surface area contributed by atoms with E-state index in [0.29, 0.717) is 31.2 Å². The molecule has 3 heterocycles. The molecule has 8 heteroatoms. The molecule has 0 fully saturated rings. The van der Waals surface area contributed by atoms with Crippen molar-refractivity contribution in [2.75, 3.05) is 6.61 Å². The van der Waals surface area contributed by atoms with Crippen LogP contribution in [-0.4, -0.2) is 21.7 Å². The number of ether oxygens (including phenoxy) is 1. The van der Waals surface area contributed by atoms with Gasteiger partial charge in [0.25, 0.3) is 5.56 Å². The number of benzene rings is 2. The number of esters is 1. The van der Waals surface area contributed by atoms with Crippen LogP contribution in [0.2, 0.25) is 5.02 Å². The lowest BCUT2D eigenvalue weighted by atomic mass is 9.96. The summed E-state index contributed by atoms with van der Waals surface area (Å²) in [6.45, 7) is 9.90. The van der Waals surface area contributed by atoms with Crippen LogP contribution in [-0.2, 0) is 9.53 Å². The molecular formula is C30H28ClN3O3S. The number of halogens is 1. The number of carbonyl (C=O) groups excluding carboxylic acids is 1. The van der Waals surface area contributed by atoms with Gasteiger partial charge in [0, 0.05) is 22.1 Å². The minimum atomic E-state index is -0.735. The quantitative estimate of drug-likeness (QED) is 0.325. The van der Waals surface area contributed by atoms with Crippen molar-refractivity contribution in [2.24, 2.45) is 4.99 Å². The van der Waals surface area contributed by atoms with Crippen LogP contribution in [0, 0.1) is 20.8 Å². The molecule has 1 aliphatic heterocycles. The Balaban J connectivity index is 1.70. The summed E-state index contributed by atoms with van der Waals surface area (Å²) >= 11 is 7.89. The van der Waals surface area contributed by atoms with Crippen LogP contribution >= 0.6 is 22.9 Å². The number of aromatic nitrogens is 2. The van der Waals surface area contributed by atoms with Crippen molar-refractivity contribution in [3.05, 3.63) is 119 Å². The number of thiazole rings is 1. The minimum absolute atomic E-state index is 0.214. The lowest BCUT2D eigenvalue weighted by Crippen LogP contribution is -2.40. The molecule has 1 aliphatic rings. The van der Waals surface area contributed by atoms with Gasteiger partial charge in [0.1, 0.15) is 6.04 Å². The molecule has 2 aromatic heterocycles. The van der Waals surface area contributed by atoms with Crippen LogP contribution in [0.3, 0.4) is 0 Å². The van der Waals surface area contributed by atoms with Crippen LogP contribution in [0.4, 0.5) is 0 Å². The van der Waals surface area contributed by atoms with Gasteiger partial charge in [-0.1, -0.05) is 58.8 Å². The van der Waals surface area contributed by atoms with Crippen LogP contribution in [0.15, 0.2) is 75.7 Å². The predicted molar refractivity (Wildman–Crippen MR) is 152 cm³/mol. The summed E-state index contributed by atoms with van der Waals surface area (Å²) in [7, 11) is 0. The Hall–Kier alpha value is -3.68. The zero-order chi connectivity index (χ0) is 27.1. The fourth-order valence-corrected chi connectivity index (χ4v) is 6.23. The molecule has 0 amide bonds.